The smallest absolute Gasteiger partial charge is 0.324 e. The van der Waals surface area contributed by atoms with Crippen molar-refractivity contribution in [1.82, 2.24) is 19.6 Å². The number of carbonyl (C=O) groups excluding carboxylic acids is 1. The molecular weight excluding hydrogens is 586 g/mol. The van der Waals surface area contributed by atoms with Gasteiger partial charge in [0.15, 0.2) is 5.01 Å². The van der Waals surface area contributed by atoms with E-state index in [-0.39, 0.29) is 23.8 Å². The molecule has 13 heteroatoms. The van der Waals surface area contributed by atoms with Gasteiger partial charge in [-0.15, -0.1) is 11.3 Å². The maximum absolute atomic E-state index is 14.9. The molecule has 2 N–H and O–H groups in total. The van der Waals surface area contributed by atoms with Gasteiger partial charge in [0.1, 0.15) is 5.82 Å². The summed E-state index contributed by atoms with van der Waals surface area (Å²) in [6.07, 6.45) is 1.17. The average Bonchev–Trinajstić information content (AvgIpc) is 3.34. The second kappa shape index (κ2) is 12.7. The number of amides is 1. The summed E-state index contributed by atoms with van der Waals surface area (Å²) < 4.78 is 57.1. The molecule has 214 valence electrons. The third-order valence-electron chi connectivity index (χ3n) is 7.19. The number of benzene rings is 1. The molecule has 0 spiro atoms. The highest BCUT2D eigenvalue weighted by Gasteiger charge is 2.36. The number of anilines is 1. The van der Waals surface area contributed by atoms with E-state index in [9.17, 15) is 22.4 Å². The van der Waals surface area contributed by atoms with Gasteiger partial charge in [-0.1, -0.05) is 35.7 Å². The van der Waals surface area contributed by atoms with Gasteiger partial charge in [0, 0.05) is 59.2 Å². The number of aromatic nitrogens is 2. The largest absolute Gasteiger partial charge is 0.443 e. The molecule has 2 fully saturated rings. The molecule has 5 rings (SSSR count). The van der Waals surface area contributed by atoms with Crippen molar-refractivity contribution in [2.24, 2.45) is 0 Å². The summed E-state index contributed by atoms with van der Waals surface area (Å²) in [6.45, 7) is 1.78. The number of rotatable bonds is 8. The molecule has 1 amide bonds. The average molecular weight is 614 g/mol. The number of fused-ring (bicyclic) bond motifs is 2. The van der Waals surface area contributed by atoms with Gasteiger partial charge in [-0.05, 0) is 43.4 Å². The van der Waals surface area contributed by atoms with Gasteiger partial charge in [-0.3, -0.25) is 9.78 Å². The molecule has 2 saturated heterocycles. The number of piperazine rings is 1. The van der Waals surface area contributed by atoms with Crippen LogP contribution in [0.4, 0.5) is 23.2 Å². The van der Waals surface area contributed by atoms with Crippen LogP contribution in [0.2, 0.25) is 5.02 Å². The van der Waals surface area contributed by atoms with Crippen LogP contribution in [0.5, 0.6) is 0 Å². The van der Waals surface area contributed by atoms with Crippen molar-refractivity contribution in [2.75, 3.05) is 24.2 Å². The highest BCUT2D eigenvalue weighted by atomic mass is 35.5. The standard InChI is InChI=1S/C27H28ClF4N5OS2/c28-17-5-3-16(4-6-17)21(24-15-39-26(36-24)27(30,31)32)10-25(38)35-23-13-33-12-22(29)20(23)8-7-19-11-34-18-2-1-9-40-37(19)14-18/h3-6,12-13,15,18-19,21,34H,1-2,7-11,14H2,(H,35,38)/t18-,19?,21?/m1/s1. The Morgan fingerprint density at radius 3 is 2.80 bits per heavy atom. The van der Waals surface area contributed by atoms with Crippen LogP contribution in [-0.2, 0) is 17.4 Å². The number of nitrogens with zero attached hydrogens (tertiary/aromatic N) is 3. The first-order valence-electron chi connectivity index (χ1n) is 13.0. The van der Waals surface area contributed by atoms with E-state index >= 15 is 0 Å². The molecule has 0 saturated carbocycles. The van der Waals surface area contributed by atoms with Gasteiger partial charge >= 0.3 is 6.18 Å². The molecule has 3 unspecified atom stereocenters. The molecule has 6 nitrogen and oxygen atoms in total. The van der Waals surface area contributed by atoms with E-state index in [1.807, 2.05) is 11.9 Å². The van der Waals surface area contributed by atoms with E-state index in [0.717, 1.165) is 37.9 Å². The lowest BCUT2D eigenvalue weighted by molar-refractivity contribution is -0.137. The van der Waals surface area contributed by atoms with E-state index in [2.05, 4.69) is 24.9 Å². The van der Waals surface area contributed by atoms with Crippen LogP contribution < -0.4 is 10.6 Å². The zero-order valence-corrected chi connectivity index (χ0v) is 23.8. The van der Waals surface area contributed by atoms with Gasteiger partial charge < -0.3 is 10.6 Å². The highest BCUT2D eigenvalue weighted by molar-refractivity contribution is 7.97. The minimum atomic E-state index is -4.58. The van der Waals surface area contributed by atoms with Crippen molar-refractivity contribution in [2.45, 2.75) is 56.3 Å². The van der Waals surface area contributed by atoms with Crippen LogP contribution >= 0.6 is 34.9 Å². The second-order valence-corrected chi connectivity index (χ2v) is 12.4. The molecule has 1 aromatic carbocycles. The van der Waals surface area contributed by atoms with E-state index in [0.29, 0.717) is 46.4 Å². The van der Waals surface area contributed by atoms with Crippen LogP contribution in [-0.4, -0.2) is 51.1 Å². The van der Waals surface area contributed by atoms with Crippen LogP contribution in [0.3, 0.4) is 0 Å². The van der Waals surface area contributed by atoms with Crippen molar-refractivity contribution < 1.29 is 22.4 Å². The summed E-state index contributed by atoms with van der Waals surface area (Å²) in [5.41, 5.74) is 1.35. The zero-order chi connectivity index (χ0) is 28.3. The van der Waals surface area contributed by atoms with Crippen molar-refractivity contribution in [1.29, 1.82) is 0 Å². The predicted molar refractivity (Wildman–Crippen MR) is 150 cm³/mol. The summed E-state index contributed by atoms with van der Waals surface area (Å²) in [4.78, 5) is 20.9. The number of nitrogens with one attached hydrogen (secondary N) is 2. The number of hydrogen-bond acceptors (Lipinski definition) is 7. The van der Waals surface area contributed by atoms with Gasteiger partial charge in [-0.2, -0.15) is 13.2 Å². The molecule has 2 aliphatic rings. The molecule has 2 aromatic heterocycles. The number of halogens is 5. The van der Waals surface area contributed by atoms with Crippen molar-refractivity contribution in [3.8, 4) is 0 Å². The SMILES string of the molecule is O=C(CC(c1ccc(Cl)cc1)c1csc(C(F)(F)F)n1)Nc1cncc(F)c1CCC1CN[C@@H]2CCCSN1C2. The number of carbonyl (C=O) groups is 1. The Balaban J connectivity index is 1.31. The Labute approximate surface area is 243 Å². The highest BCUT2D eigenvalue weighted by Crippen LogP contribution is 2.36. The first-order chi connectivity index (χ1) is 19.2. The van der Waals surface area contributed by atoms with Crippen molar-refractivity contribution in [3.05, 3.63) is 74.7 Å². The summed E-state index contributed by atoms with van der Waals surface area (Å²) in [7, 11) is 0. The maximum Gasteiger partial charge on any atom is 0.443 e. The van der Waals surface area contributed by atoms with Crippen molar-refractivity contribution in [3.63, 3.8) is 0 Å². The Morgan fingerprint density at radius 1 is 1.25 bits per heavy atom. The van der Waals surface area contributed by atoms with E-state index in [4.69, 9.17) is 11.6 Å². The van der Waals surface area contributed by atoms with Crippen LogP contribution in [0.15, 0.2) is 42.0 Å². The van der Waals surface area contributed by atoms with Crippen molar-refractivity contribution >= 4 is 46.5 Å². The number of pyridine rings is 1. The number of hydrogen-bond donors (Lipinski definition) is 2. The maximum atomic E-state index is 14.9. The fraction of sp³-hybridized carbons (Fsp3) is 0.444. The molecule has 2 bridgehead atoms. The monoisotopic (exact) mass is 613 g/mol. The summed E-state index contributed by atoms with van der Waals surface area (Å²) in [5.74, 6) is -0.680. The van der Waals surface area contributed by atoms with Crippen LogP contribution in [0.1, 0.15) is 53.4 Å². The summed E-state index contributed by atoms with van der Waals surface area (Å²) in [5, 5.41) is 7.14. The van der Waals surface area contributed by atoms with Gasteiger partial charge in [0.25, 0.3) is 0 Å². The topological polar surface area (TPSA) is 70.1 Å². The number of alkyl halides is 3. The van der Waals surface area contributed by atoms with E-state index < -0.39 is 28.8 Å². The van der Waals surface area contributed by atoms with Gasteiger partial charge in [0.05, 0.1) is 23.8 Å². The molecule has 40 heavy (non-hydrogen) atoms. The Hall–Kier alpha value is -2.25. The molecule has 2 aliphatic heterocycles. The predicted octanol–water partition coefficient (Wildman–Crippen LogP) is 6.53. The third-order valence-corrected chi connectivity index (χ3v) is 9.60. The second-order valence-electron chi connectivity index (χ2n) is 9.95. The van der Waals surface area contributed by atoms with E-state index in [1.54, 1.807) is 24.3 Å². The van der Waals surface area contributed by atoms with Gasteiger partial charge in [0.2, 0.25) is 5.91 Å². The van der Waals surface area contributed by atoms with Crippen LogP contribution in [0, 0.1) is 5.82 Å². The molecule has 0 aliphatic carbocycles. The Morgan fingerprint density at radius 2 is 2.05 bits per heavy atom. The fourth-order valence-electron chi connectivity index (χ4n) is 5.13. The Kier molecular flexibility index (Phi) is 9.31. The van der Waals surface area contributed by atoms with E-state index in [1.165, 1.54) is 11.6 Å². The lowest BCUT2D eigenvalue weighted by Crippen LogP contribution is -2.53. The lowest BCUT2D eigenvalue weighted by atomic mass is 9.92. The summed E-state index contributed by atoms with van der Waals surface area (Å²) in [6, 6.07) is 7.25. The first-order valence-corrected chi connectivity index (χ1v) is 15.2. The molecule has 4 heterocycles. The van der Waals surface area contributed by atoms with Gasteiger partial charge in [-0.25, -0.2) is 13.7 Å². The first kappa shape index (κ1) is 29.2. The minimum absolute atomic E-state index is 0.130. The Bertz CT molecular complexity index is 1320. The lowest BCUT2D eigenvalue weighted by Gasteiger charge is -2.37. The quantitative estimate of drug-likeness (QED) is 0.222. The minimum Gasteiger partial charge on any atom is -0.324 e. The summed E-state index contributed by atoms with van der Waals surface area (Å²) >= 11 is 8.32. The number of thiazole rings is 1. The normalized spacial score (nSPS) is 22.0. The fourth-order valence-corrected chi connectivity index (χ4v) is 7.20. The van der Waals surface area contributed by atoms with Crippen LogP contribution in [0.25, 0.3) is 0 Å². The molecule has 0 radical (unpaired) electrons. The molecule has 4 atom stereocenters. The molecule has 3 aromatic rings. The third kappa shape index (κ3) is 7.14. The molecular formula is C27H28ClF4N5OS2. The zero-order valence-electron chi connectivity index (χ0n) is 21.4.